The van der Waals surface area contributed by atoms with Gasteiger partial charge in [0.05, 0.1) is 23.9 Å². The molecule has 0 amide bonds. The summed E-state index contributed by atoms with van der Waals surface area (Å²) in [4.78, 5) is 31.1. The number of aromatic nitrogens is 7. The van der Waals surface area contributed by atoms with E-state index in [9.17, 15) is 9.18 Å². The molecule has 13 nitrogen and oxygen atoms in total. The molecule has 0 spiro atoms. The average molecular weight is 585 g/mol. The number of carbonyl (C=O) groups excluding carboxylic acids is 1. The predicted molar refractivity (Wildman–Crippen MR) is 157 cm³/mol. The van der Waals surface area contributed by atoms with Gasteiger partial charge < -0.3 is 24.5 Å². The lowest BCUT2D eigenvalue weighted by Crippen LogP contribution is -2.47. The van der Waals surface area contributed by atoms with Crippen LogP contribution in [0.1, 0.15) is 21.7 Å². The number of nitrogens with zero attached hydrogens (tertiary/aromatic N) is 9. The minimum atomic E-state index is -0.476. The number of aryl methyl sites for hydroxylation is 2. The van der Waals surface area contributed by atoms with Gasteiger partial charge in [0.1, 0.15) is 22.9 Å². The Morgan fingerprint density at radius 1 is 1.09 bits per heavy atom. The molecule has 7 rings (SSSR count). The fraction of sp³-hybridized carbons (Fsp3) is 0.310. The van der Waals surface area contributed by atoms with Crippen LogP contribution < -0.4 is 10.6 Å². The zero-order valence-corrected chi connectivity index (χ0v) is 23.9. The van der Waals surface area contributed by atoms with Crippen molar-refractivity contribution in [1.29, 1.82) is 0 Å². The van der Waals surface area contributed by atoms with Crippen LogP contribution in [0.15, 0.2) is 41.1 Å². The highest BCUT2D eigenvalue weighted by Crippen LogP contribution is 2.31. The van der Waals surface area contributed by atoms with Crippen LogP contribution in [0.3, 0.4) is 0 Å². The number of nitrogen functional groups attached to an aromatic ring is 1. The van der Waals surface area contributed by atoms with Gasteiger partial charge >= 0.3 is 5.97 Å². The number of rotatable bonds is 6. The molecule has 0 radical (unpaired) electrons. The first-order chi connectivity index (χ1) is 20.8. The zero-order valence-electron chi connectivity index (χ0n) is 23.9. The summed E-state index contributed by atoms with van der Waals surface area (Å²) in [6.45, 7) is 7.49. The first-order valence-corrected chi connectivity index (χ1v) is 13.9. The molecular weight excluding hydrogens is 555 g/mol. The molecule has 0 aliphatic carbocycles. The molecule has 2 N–H and O–H groups in total. The number of halogens is 1. The van der Waals surface area contributed by atoms with Crippen LogP contribution >= 0.6 is 0 Å². The summed E-state index contributed by atoms with van der Waals surface area (Å²) in [6.07, 6.45) is 1.67. The fourth-order valence-electron chi connectivity index (χ4n) is 5.85. The number of methoxy groups -OCH3 is 1. The van der Waals surface area contributed by atoms with Gasteiger partial charge in [-0.15, -0.1) is 5.10 Å². The summed E-state index contributed by atoms with van der Waals surface area (Å²) in [5.74, 6) is -0.260. The van der Waals surface area contributed by atoms with Crippen LogP contribution in [0.4, 0.5) is 16.0 Å². The van der Waals surface area contributed by atoms with Crippen molar-refractivity contribution in [2.45, 2.75) is 20.4 Å². The number of fused-ring (bicyclic) bond motifs is 4. The molecule has 0 unspecified atom stereocenters. The zero-order chi connectivity index (χ0) is 29.8. The van der Waals surface area contributed by atoms with E-state index >= 15 is 0 Å². The van der Waals surface area contributed by atoms with Gasteiger partial charge in [-0.2, -0.15) is 9.50 Å². The first kappa shape index (κ1) is 26.8. The van der Waals surface area contributed by atoms with E-state index in [0.29, 0.717) is 90.0 Å². The van der Waals surface area contributed by atoms with Gasteiger partial charge in [-0.1, -0.05) is 11.2 Å². The molecular formula is C29H29FN10O3. The Morgan fingerprint density at radius 2 is 1.91 bits per heavy atom. The second kappa shape index (κ2) is 10.3. The molecule has 5 aromatic heterocycles. The second-order valence-corrected chi connectivity index (χ2v) is 10.6. The number of esters is 1. The molecule has 0 atom stereocenters. The van der Waals surface area contributed by atoms with Crippen molar-refractivity contribution in [3.05, 3.63) is 59.3 Å². The summed E-state index contributed by atoms with van der Waals surface area (Å²) < 4.78 is 28.6. The minimum Gasteiger partial charge on any atom is -0.464 e. The van der Waals surface area contributed by atoms with Crippen molar-refractivity contribution in [3.8, 4) is 11.5 Å². The summed E-state index contributed by atoms with van der Waals surface area (Å²) >= 11 is 0. The number of hydrogen-bond acceptors (Lipinski definition) is 11. The smallest absolute Gasteiger partial charge is 0.355 e. The van der Waals surface area contributed by atoms with E-state index in [1.54, 1.807) is 6.20 Å². The monoisotopic (exact) mass is 584 g/mol. The number of carbonyl (C=O) groups is 1. The third kappa shape index (κ3) is 4.41. The third-order valence-corrected chi connectivity index (χ3v) is 8.09. The van der Waals surface area contributed by atoms with Crippen LogP contribution in [0.5, 0.6) is 0 Å². The van der Waals surface area contributed by atoms with Crippen LogP contribution in [0, 0.1) is 19.7 Å². The van der Waals surface area contributed by atoms with Crippen LogP contribution in [0.2, 0.25) is 0 Å². The Balaban J connectivity index is 1.17. The second-order valence-electron chi connectivity index (χ2n) is 10.6. The number of pyridine rings is 1. The van der Waals surface area contributed by atoms with Crippen molar-refractivity contribution in [2.24, 2.45) is 0 Å². The largest absolute Gasteiger partial charge is 0.464 e. The maximum absolute atomic E-state index is 14.9. The van der Waals surface area contributed by atoms with Gasteiger partial charge in [0.25, 0.3) is 0 Å². The highest BCUT2D eigenvalue weighted by Gasteiger charge is 2.28. The topological polar surface area (TPSA) is 146 Å². The predicted octanol–water partition coefficient (Wildman–Crippen LogP) is 3.23. The number of piperazine rings is 1. The van der Waals surface area contributed by atoms with Crippen molar-refractivity contribution in [2.75, 3.05) is 50.5 Å². The van der Waals surface area contributed by atoms with Gasteiger partial charge in [0.15, 0.2) is 11.2 Å². The molecule has 0 bridgehead atoms. The molecule has 43 heavy (non-hydrogen) atoms. The van der Waals surface area contributed by atoms with Crippen LogP contribution in [0.25, 0.3) is 39.2 Å². The Bertz CT molecular complexity index is 2010. The normalized spacial score (nSPS) is 14.4. The number of nitrogens with two attached hydrogens (primary N) is 1. The lowest BCUT2D eigenvalue weighted by atomic mass is 10.1. The molecule has 6 heterocycles. The summed E-state index contributed by atoms with van der Waals surface area (Å²) in [5, 5.41) is 9.96. The van der Waals surface area contributed by atoms with Crippen LogP contribution in [-0.4, -0.2) is 85.0 Å². The maximum Gasteiger partial charge on any atom is 0.355 e. The maximum atomic E-state index is 14.9. The van der Waals surface area contributed by atoms with E-state index in [-0.39, 0.29) is 11.8 Å². The van der Waals surface area contributed by atoms with Gasteiger partial charge in [0, 0.05) is 56.9 Å². The van der Waals surface area contributed by atoms with E-state index in [2.05, 4.69) is 25.1 Å². The third-order valence-electron chi connectivity index (χ3n) is 8.09. The highest BCUT2D eigenvalue weighted by molar-refractivity contribution is 6.03. The van der Waals surface area contributed by atoms with Crippen molar-refractivity contribution >= 4 is 45.3 Å². The Hall–Kier alpha value is -5.11. The van der Waals surface area contributed by atoms with Gasteiger partial charge in [-0.25, -0.2) is 14.2 Å². The Labute approximate surface area is 244 Å². The van der Waals surface area contributed by atoms with Crippen molar-refractivity contribution < 1.29 is 18.4 Å². The Morgan fingerprint density at radius 3 is 2.65 bits per heavy atom. The molecule has 14 heteroatoms. The SMILES string of the molecule is COC(=O)c1c(C)c2c(nc(N)n3nc(-c4ccccn4)nc23)n1CCN1CCN(c2cc3c(C)noc3cc2F)CC1. The molecule has 1 aliphatic rings. The number of hydrogen-bond donors (Lipinski definition) is 1. The van der Waals surface area contributed by atoms with E-state index in [1.165, 1.54) is 17.7 Å². The summed E-state index contributed by atoms with van der Waals surface area (Å²) in [5.41, 5.74) is 10.7. The van der Waals surface area contributed by atoms with Crippen molar-refractivity contribution in [3.63, 3.8) is 0 Å². The quantitative estimate of drug-likeness (QED) is 0.288. The molecule has 1 fully saturated rings. The molecule has 1 aromatic carbocycles. The van der Waals surface area contributed by atoms with Crippen LogP contribution in [-0.2, 0) is 11.3 Å². The fourth-order valence-corrected chi connectivity index (χ4v) is 5.85. The molecule has 1 aliphatic heterocycles. The van der Waals surface area contributed by atoms with E-state index in [1.807, 2.05) is 47.6 Å². The molecule has 0 saturated carbocycles. The highest BCUT2D eigenvalue weighted by atomic mass is 19.1. The first-order valence-electron chi connectivity index (χ1n) is 13.9. The van der Waals surface area contributed by atoms with Gasteiger partial charge in [-0.3, -0.25) is 9.88 Å². The van der Waals surface area contributed by atoms with Gasteiger partial charge in [-0.05, 0) is 37.6 Å². The van der Waals surface area contributed by atoms with E-state index in [0.717, 1.165) is 11.1 Å². The molecule has 220 valence electrons. The van der Waals surface area contributed by atoms with Gasteiger partial charge in [0.2, 0.25) is 11.8 Å². The van der Waals surface area contributed by atoms with E-state index < -0.39 is 5.97 Å². The van der Waals surface area contributed by atoms with Crippen molar-refractivity contribution in [1.82, 2.24) is 39.2 Å². The lowest BCUT2D eigenvalue weighted by Gasteiger charge is -2.36. The standard InChI is InChI=1S/C29H29FN10O3/c1-16-23-26(34-29(31)40-27(23)33-25(35-40)20-6-4-5-7-32-20)39(24(16)28(41)42-3)13-10-37-8-11-38(12-9-37)21-14-18-17(2)36-43-22(18)15-19(21)30/h4-7,14-15H,8-13H2,1-3H3,(H2,31,34). The number of benzene rings is 1. The number of ether oxygens (including phenoxy) is 1. The summed E-state index contributed by atoms with van der Waals surface area (Å²) in [7, 11) is 1.36. The lowest BCUT2D eigenvalue weighted by molar-refractivity contribution is 0.0587. The molecule has 6 aromatic rings. The summed E-state index contributed by atoms with van der Waals surface area (Å²) in [6, 6.07) is 8.70. The Kier molecular flexibility index (Phi) is 6.42. The minimum absolute atomic E-state index is 0.142. The average Bonchev–Trinajstić information content (AvgIpc) is 3.70. The number of anilines is 2. The van der Waals surface area contributed by atoms with E-state index in [4.69, 9.17) is 20.0 Å². The molecule has 1 saturated heterocycles.